The van der Waals surface area contributed by atoms with Crippen molar-refractivity contribution in [3.05, 3.63) is 12.3 Å². The molecule has 0 bridgehead atoms. The highest BCUT2D eigenvalue weighted by Gasteiger charge is 1.96. The predicted octanol–water partition coefficient (Wildman–Crippen LogP) is -0.200. The van der Waals surface area contributed by atoms with Crippen LogP contribution in [0.25, 0.3) is 0 Å². The van der Waals surface area contributed by atoms with Gasteiger partial charge in [0.15, 0.2) is 0 Å². The molecule has 0 aromatic carbocycles. The van der Waals surface area contributed by atoms with Gasteiger partial charge in [0.25, 0.3) is 0 Å². The van der Waals surface area contributed by atoms with E-state index in [2.05, 4.69) is 16.9 Å². The maximum absolute atomic E-state index is 2.97. The number of nitrogens with one attached hydrogen (secondary N) is 2. The maximum Gasteiger partial charge on any atom is 0.0500 e. The largest absolute Gasteiger partial charge is 0.328 e. The van der Waals surface area contributed by atoms with Crippen LogP contribution in [0.15, 0.2) is 6.20 Å². The second-order valence-corrected chi connectivity index (χ2v) is 1.32. The van der Waals surface area contributed by atoms with E-state index in [0.717, 1.165) is 0 Å². The Hall–Kier alpha value is -0.500. The summed E-state index contributed by atoms with van der Waals surface area (Å²) in [6, 6.07) is 0.380. The summed E-state index contributed by atoms with van der Waals surface area (Å²) in [7, 11) is 0. The number of hydrazine groups is 1. The first-order chi connectivity index (χ1) is 2.89. The zero-order valence-electron chi connectivity index (χ0n) is 3.65. The van der Waals surface area contributed by atoms with Crippen molar-refractivity contribution in [3.63, 3.8) is 0 Å². The summed E-state index contributed by atoms with van der Waals surface area (Å²) in [5, 5.41) is 0. The Balaban J connectivity index is 2.38. The molecule has 1 aliphatic rings. The van der Waals surface area contributed by atoms with E-state index in [4.69, 9.17) is 0 Å². The lowest BCUT2D eigenvalue weighted by Gasteiger charge is -1.95. The van der Waals surface area contributed by atoms with Crippen LogP contribution in [0.1, 0.15) is 6.92 Å². The highest BCUT2D eigenvalue weighted by molar-refractivity contribution is 4.85. The van der Waals surface area contributed by atoms with Crippen molar-refractivity contribution in [2.75, 3.05) is 0 Å². The Labute approximate surface area is 37.2 Å². The standard InChI is InChI=1S/C4H7N2/c1-4-2-3-5-6-4/h3-6H,1H3. The normalized spacial score (nSPS) is 30.5. The molecule has 0 fully saturated rings. The maximum atomic E-state index is 2.97. The van der Waals surface area contributed by atoms with Crippen molar-refractivity contribution < 1.29 is 0 Å². The van der Waals surface area contributed by atoms with Crippen molar-refractivity contribution in [1.29, 1.82) is 0 Å². The Kier molecular flexibility index (Phi) is 0.801. The van der Waals surface area contributed by atoms with E-state index < -0.39 is 0 Å². The Morgan fingerprint density at radius 3 is 2.83 bits per heavy atom. The third-order valence-electron chi connectivity index (χ3n) is 0.705. The zero-order chi connectivity index (χ0) is 4.41. The molecule has 1 radical (unpaired) electrons. The van der Waals surface area contributed by atoms with Crippen molar-refractivity contribution in [2.24, 2.45) is 0 Å². The molecular formula is C4H7N2. The molecule has 1 aliphatic heterocycles. The van der Waals surface area contributed by atoms with E-state index in [-0.39, 0.29) is 0 Å². The number of rotatable bonds is 0. The lowest BCUT2D eigenvalue weighted by Crippen LogP contribution is -2.27. The summed E-state index contributed by atoms with van der Waals surface area (Å²) >= 11 is 0. The van der Waals surface area contributed by atoms with Gasteiger partial charge in [-0.05, 0) is 13.0 Å². The highest BCUT2D eigenvalue weighted by Crippen LogP contribution is 1.82. The average molecular weight is 83.1 g/mol. The summed E-state index contributed by atoms with van der Waals surface area (Å²) in [5.41, 5.74) is 5.69. The molecular weight excluding hydrogens is 76.1 g/mol. The second-order valence-electron chi connectivity index (χ2n) is 1.32. The fourth-order valence-electron chi connectivity index (χ4n) is 0.375. The smallest absolute Gasteiger partial charge is 0.0500 e. The first-order valence-corrected chi connectivity index (χ1v) is 1.98. The summed E-state index contributed by atoms with van der Waals surface area (Å²) in [6.07, 6.45) is 4.74. The molecule has 2 heteroatoms. The van der Waals surface area contributed by atoms with Gasteiger partial charge in [0.05, 0.1) is 0 Å². The molecule has 0 aliphatic carbocycles. The molecule has 2 nitrogen and oxygen atoms in total. The molecule has 0 spiro atoms. The quantitative estimate of drug-likeness (QED) is 0.424. The Morgan fingerprint density at radius 1 is 1.83 bits per heavy atom. The number of hydrogen-bond donors (Lipinski definition) is 2. The van der Waals surface area contributed by atoms with Crippen LogP contribution in [0.2, 0.25) is 0 Å². The molecule has 0 saturated carbocycles. The topological polar surface area (TPSA) is 24.1 Å². The van der Waals surface area contributed by atoms with Gasteiger partial charge in [-0.1, -0.05) is 0 Å². The van der Waals surface area contributed by atoms with Crippen LogP contribution < -0.4 is 10.9 Å². The van der Waals surface area contributed by atoms with Gasteiger partial charge in [-0.3, -0.25) is 0 Å². The van der Waals surface area contributed by atoms with Gasteiger partial charge in [0, 0.05) is 12.2 Å². The average Bonchev–Trinajstić information content (AvgIpc) is 1.86. The van der Waals surface area contributed by atoms with Crippen LogP contribution in [0.5, 0.6) is 0 Å². The van der Waals surface area contributed by atoms with E-state index >= 15 is 0 Å². The van der Waals surface area contributed by atoms with E-state index in [9.17, 15) is 0 Å². The molecule has 0 aromatic rings. The molecule has 0 saturated heterocycles. The third-order valence-corrected chi connectivity index (χ3v) is 0.705. The van der Waals surface area contributed by atoms with Crippen molar-refractivity contribution in [2.45, 2.75) is 13.0 Å². The van der Waals surface area contributed by atoms with Crippen LogP contribution in [0.3, 0.4) is 0 Å². The molecule has 1 atom stereocenters. The fraction of sp³-hybridized carbons (Fsp3) is 0.500. The van der Waals surface area contributed by atoms with E-state index in [1.54, 1.807) is 6.20 Å². The Morgan fingerprint density at radius 2 is 2.67 bits per heavy atom. The number of hydrogen-bond acceptors (Lipinski definition) is 2. The van der Waals surface area contributed by atoms with Gasteiger partial charge in [0.2, 0.25) is 0 Å². The van der Waals surface area contributed by atoms with Gasteiger partial charge in [-0.25, -0.2) is 5.43 Å². The molecule has 1 heterocycles. The van der Waals surface area contributed by atoms with Crippen molar-refractivity contribution >= 4 is 0 Å². The lowest BCUT2D eigenvalue weighted by atomic mass is 10.4. The van der Waals surface area contributed by atoms with Gasteiger partial charge >= 0.3 is 0 Å². The minimum atomic E-state index is 0.380. The molecule has 1 unspecified atom stereocenters. The van der Waals surface area contributed by atoms with Gasteiger partial charge < -0.3 is 5.43 Å². The minimum absolute atomic E-state index is 0.380. The lowest BCUT2D eigenvalue weighted by molar-refractivity contribution is 0.616. The monoisotopic (exact) mass is 83.1 g/mol. The van der Waals surface area contributed by atoms with E-state index in [1.165, 1.54) is 0 Å². The molecule has 6 heavy (non-hydrogen) atoms. The molecule has 2 N–H and O–H groups in total. The van der Waals surface area contributed by atoms with Gasteiger partial charge in [-0.2, -0.15) is 0 Å². The minimum Gasteiger partial charge on any atom is -0.328 e. The second kappa shape index (κ2) is 1.30. The predicted molar refractivity (Wildman–Crippen MR) is 23.5 cm³/mol. The van der Waals surface area contributed by atoms with Gasteiger partial charge in [0.1, 0.15) is 0 Å². The molecule has 33 valence electrons. The molecule has 1 rings (SSSR count). The van der Waals surface area contributed by atoms with E-state index in [0.29, 0.717) is 6.04 Å². The first-order valence-electron chi connectivity index (χ1n) is 1.98. The van der Waals surface area contributed by atoms with Crippen molar-refractivity contribution in [1.82, 2.24) is 10.9 Å². The van der Waals surface area contributed by atoms with Crippen LogP contribution in [0.4, 0.5) is 0 Å². The van der Waals surface area contributed by atoms with Crippen LogP contribution in [0, 0.1) is 6.08 Å². The van der Waals surface area contributed by atoms with Crippen LogP contribution in [-0.2, 0) is 0 Å². The summed E-state index contributed by atoms with van der Waals surface area (Å²) < 4.78 is 0. The van der Waals surface area contributed by atoms with Crippen LogP contribution >= 0.6 is 0 Å². The molecule has 0 amide bonds. The molecule has 0 aromatic heterocycles. The van der Waals surface area contributed by atoms with Gasteiger partial charge in [-0.15, -0.1) is 0 Å². The summed E-state index contributed by atoms with van der Waals surface area (Å²) in [5.74, 6) is 0. The highest BCUT2D eigenvalue weighted by atomic mass is 15.4. The SMILES string of the molecule is CC1[C]=CNN1. The Bertz CT molecular complexity index is 67.9. The summed E-state index contributed by atoms with van der Waals surface area (Å²) in [6.45, 7) is 2.02. The van der Waals surface area contributed by atoms with Crippen LogP contribution in [-0.4, -0.2) is 6.04 Å². The zero-order valence-corrected chi connectivity index (χ0v) is 3.65. The van der Waals surface area contributed by atoms with E-state index in [1.807, 2.05) is 6.92 Å². The third kappa shape index (κ3) is 0.518. The fourth-order valence-corrected chi connectivity index (χ4v) is 0.375. The van der Waals surface area contributed by atoms with Crippen molar-refractivity contribution in [3.8, 4) is 0 Å². The summed E-state index contributed by atoms with van der Waals surface area (Å²) in [4.78, 5) is 0. The first kappa shape index (κ1) is 3.68.